The van der Waals surface area contributed by atoms with Gasteiger partial charge in [-0.2, -0.15) is 0 Å². The van der Waals surface area contributed by atoms with Crippen LogP contribution in [-0.2, 0) is 27.2 Å². The lowest BCUT2D eigenvalue weighted by atomic mass is 10.1. The van der Waals surface area contributed by atoms with E-state index in [4.69, 9.17) is 9.47 Å². The Hall–Kier alpha value is -1.60. The zero-order chi connectivity index (χ0) is 13.0. The van der Waals surface area contributed by atoms with Crippen molar-refractivity contribution in [2.45, 2.75) is 13.0 Å². The first-order chi connectivity index (χ1) is 8.72. The normalized spacial score (nSPS) is 14.6. The highest BCUT2D eigenvalue weighted by atomic mass is 16.5. The fraction of sp³-hybridized carbons (Fsp3) is 0.636. The van der Waals surface area contributed by atoms with E-state index in [1.54, 1.807) is 12.0 Å². The topological polar surface area (TPSA) is 87.4 Å². The summed E-state index contributed by atoms with van der Waals surface area (Å²) in [4.78, 5) is 24.9. The third-order valence-electron chi connectivity index (χ3n) is 2.96. The third kappa shape index (κ3) is 2.80. The van der Waals surface area contributed by atoms with Crippen LogP contribution in [0.4, 0.5) is 0 Å². The number of nitrogens with zero attached hydrogens (tertiary/aromatic N) is 1. The Morgan fingerprint density at radius 1 is 1.39 bits per heavy atom. The van der Waals surface area contributed by atoms with Gasteiger partial charge in [-0.1, -0.05) is 0 Å². The molecule has 18 heavy (non-hydrogen) atoms. The van der Waals surface area contributed by atoms with Crippen LogP contribution < -0.4 is 5.56 Å². The molecule has 1 aliphatic rings. The Kier molecular flexibility index (Phi) is 4.16. The van der Waals surface area contributed by atoms with E-state index in [0.29, 0.717) is 32.7 Å². The summed E-state index contributed by atoms with van der Waals surface area (Å²) in [6.45, 7) is 1.92. The Morgan fingerprint density at radius 2 is 2.22 bits per heavy atom. The van der Waals surface area contributed by atoms with Crippen molar-refractivity contribution in [3.63, 3.8) is 0 Å². The molecule has 0 unspecified atom stereocenters. The molecule has 1 amide bonds. The molecule has 2 N–H and O–H groups in total. The zero-order valence-corrected chi connectivity index (χ0v) is 10.3. The molecule has 7 heteroatoms. The van der Waals surface area contributed by atoms with Crippen molar-refractivity contribution in [3.8, 4) is 0 Å². The minimum absolute atomic E-state index is 0.0490. The fourth-order valence-electron chi connectivity index (χ4n) is 1.94. The van der Waals surface area contributed by atoms with Crippen molar-refractivity contribution in [1.82, 2.24) is 15.1 Å². The molecule has 0 spiro atoms. The van der Waals surface area contributed by atoms with Gasteiger partial charge in [0.1, 0.15) is 6.61 Å². The van der Waals surface area contributed by atoms with E-state index >= 15 is 0 Å². The molecule has 0 radical (unpaired) electrons. The average Bonchev–Trinajstić information content (AvgIpc) is 2.76. The molecular weight excluding hydrogens is 238 g/mol. The summed E-state index contributed by atoms with van der Waals surface area (Å²) in [6.07, 6.45) is 0.581. The van der Waals surface area contributed by atoms with Crippen molar-refractivity contribution in [1.29, 1.82) is 0 Å². The minimum Gasteiger partial charge on any atom is -0.382 e. The predicted molar refractivity (Wildman–Crippen MR) is 63.2 cm³/mol. The summed E-state index contributed by atoms with van der Waals surface area (Å²) in [5.74, 6) is -0.0706. The summed E-state index contributed by atoms with van der Waals surface area (Å²) in [7, 11) is 1.58. The van der Waals surface area contributed by atoms with Crippen molar-refractivity contribution < 1.29 is 14.3 Å². The van der Waals surface area contributed by atoms with Gasteiger partial charge in [-0.05, 0) is 6.42 Å². The quantitative estimate of drug-likeness (QED) is 0.678. The number of H-pyrrole nitrogens is 2. The summed E-state index contributed by atoms with van der Waals surface area (Å²) in [6, 6.07) is 0. The molecule has 1 aromatic heterocycles. The Morgan fingerprint density at radius 3 is 3.00 bits per heavy atom. The largest absolute Gasteiger partial charge is 0.382 e. The van der Waals surface area contributed by atoms with E-state index in [9.17, 15) is 9.59 Å². The van der Waals surface area contributed by atoms with Gasteiger partial charge in [0.15, 0.2) is 0 Å². The van der Waals surface area contributed by atoms with Crippen molar-refractivity contribution >= 4 is 5.91 Å². The molecule has 1 aromatic rings. The Balaban J connectivity index is 1.85. The summed E-state index contributed by atoms with van der Waals surface area (Å²) >= 11 is 0. The predicted octanol–water partition coefficient (Wildman–Crippen LogP) is -0.749. The van der Waals surface area contributed by atoms with Crippen molar-refractivity contribution in [3.05, 3.63) is 21.6 Å². The van der Waals surface area contributed by atoms with Gasteiger partial charge >= 0.3 is 0 Å². The molecule has 100 valence electrons. The van der Waals surface area contributed by atoms with Gasteiger partial charge < -0.3 is 19.5 Å². The number of carbonyl (C=O) groups is 1. The SMILES string of the molecule is COCCOCC(=O)N1CCc2c([nH][nH]c2=O)C1. The number of aromatic nitrogens is 2. The van der Waals surface area contributed by atoms with Crippen LogP contribution in [0.5, 0.6) is 0 Å². The number of aromatic amines is 2. The third-order valence-corrected chi connectivity index (χ3v) is 2.96. The first-order valence-electron chi connectivity index (χ1n) is 5.85. The number of carbonyl (C=O) groups excluding carboxylic acids is 1. The molecular formula is C11H17N3O4. The maximum Gasteiger partial charge on any atom is 0.267 e. The molecule has 1 aliphatic heterocycles. The maximum absolute atomic E-state index is 11.8. The first kappa shape index (κ1) is 12.8. The smallest absolute Gasteiger partial charge is 0.267 e. The van der Waals surface area contributed by atoms with Gasteiger partial charge in [-0.15, -0.1) is 0 Å². The maximum atomic E-state index is 11.8. The standard InChI is InChI=1S/C11H17N3O4/c1-17-4-5-18-7-10(15)14-3-2-8-9(6-14)12-13-11(8)16/h2-7H2,1H3,(H2,12,13,16). The second-order valence-corrected chi connectivity index (χ2v) is 4.15. The van der Waals surface area contributed by atoms with Gasteiger partial charge in [0.05, 0.1) is 25.5 Å². The number of amides is 1. The molecule has 0 bridgehead atoms. The molecule has 0 saturated carbocycles. The minimum atomic E-state index is -0.0894. The summed E-state index contributed by atoms with van der Waals surface area (Å²) < 4.78 is 10.0. The van der Waals surface area contributed by atoms with Crippen LogP contribution >= 0.6 is 0 Å². The number of ether oxygens (including phenoxy) is 2. The molecule has 0 fully saturated rings. The van der Waals surface area contributed by atoms with E-state index in [2.05, 4.69) is 10.2 Å². The fourth-order valence-corrected chi connectivity index (χ4v) is 1.94. The van der Waals surface area contributed by atoms with Gasteiger partial charge in [0.2, 0.25) is 5.91 Å². The van der Waals surface area contributed by atoms with Crippen LogP contribution in [0.3, 0.4) is 0 Å². The number of methoxy groups -OCH3 is 1. The number of nitrogens with one attached hydrogen (secondary N) is 2. The highest BCUT2D eigenvalue weighted by Gasteiger charge is 2.23. The molecule has 2 rings (SSSR count). The second kappa shape index (κ2) is 5.83. The molecule has 2 heterocycles. The second-order valence-electron chi connectivity index (χ2n) is 4.15. The lowest BCUT2D eigenvalue weighted by Crippen LogP contribution is -2.39. The zero-order valence-electron chi connectivity index (χ0n) is 10.3. The van der Waals surface area contributed by atoms with Crippen LogP contribution in [-0.4, -0.2) is 54.5 Å². The van der Waals surface area contributed by atoms with Crippen LogP contribution in [0.2, 0.25) is 0 Å². The number of fused-ring (bicyclic) bond motifs is 1. The molecule has 0 atom stereocenters. The monoisotopic (exact) mass is 255 g/mol. The molecule has 0 aliphatic carbocycles. The summed E-state index contributed by atoms with van der Waals surface area (Å²) in [5, 5.41) is 5.33. The van der Waals surface area contributed by atoms with Gasteiger partial charge in [0, 0.05) is 19.2 Å². The van der Waals surface area contributed by atoms with E-state index in [1.165, 1.54) is 0 Å². The average molecular weight is 255 g/mol. The van der Waals surface area contributed by atoms with Crippen molar-refractivity contribution in [2.24, 2.45) is 0 Å². The van der Waals surface area contributed by atoms with Crippen LogP contribution in [0, 0.1) is 0 Å². The van der Waals surface area contributed by atoms with Gasteiger partial charge in [-0.3, -0.25) is 14.7 Å². The summed E-state index contributed by atoms with van der Waals surface area (Å²) in [5.41, 5.74) is 1.45. The molecule has 0 saturated heterocycles. The van der Waals surface area contributed by atoms with E-state index in [0.717, 1.165) is 11.3 Å². The Labute approximate surface area is 104 Å². The molecule has 7 nitrogen and oxygen atoms in total. The van der Waals surface area contributed by atoms with Gasteiger partial charge in [-0.25, -0.2) is 0 Å². The van der Waals surface area contributed by atoms with Crippen LogP contribution in [0.1, 0.15) is 11.3 Å². The van der Waals surface area contributed by atoms with E-state index < -0.39 is 0 Å². The lowest BCUT2D eigenvalue weighted by Gasteiger charge is -2.26. The number of hydrogen-bond donors (Lipinski definition) is 2. The van der Waals surface area contributed by atoms with Gasteiger partial charge in [0.25, 0.3) is 5.56 Å². The first-order valence-corrected chi connectivity index (χ1v) is 5.85. The van der Waals surface area contributed by atoms with E-state index in [1.807, 2.05) is 0 Å². The van der Waals surface area contributed by atoms with E-state index in [-0.39, 0.29) is 18.1 Å². The number of rotatable bonds is 5. The Bertz CT molecular complexity index is 465. The van der Waals surface area contributed by atoms with Crippen molar-refractivity contribution in [2.75, 3.05) is 33.5 Å². The number of hydrogen-bond acceptors (Lipinski definition) is 4. The highest BCUT2D eigenvalue weighted by Crippen LogP contribution is 2.12. The lowest BCUT2D eigenvalue weighted by molar-refractivity contribution is -0.137. The van der Waals surface area contributed by atoms with Crippen LogP contribution in [0.15, 0.2) is 4.79 Å². The highest BCUT2D eigenvalue weighted by molar-refractivity contribution is 5.77. The molecule has 0 aromatic carbocycles. The van der Waals surface area contributed by atoms with Crippen LogP contribution in [0.25, 0.3) is 0 Å².